The molecule has 0 aliphatic carbocycles. The lowest BCUT2D eigenvalue weighted by Gasteiger charge is -2.37. The third-order valence-electron chi connectivity index (χ3n) is 5.12. The molecule has 0 N–H and O–H groups in total. The van der Waals surface area contributed by atoms with Gasteiger partial charge < -0.3 is 4.90 Å². The first-order valence-electron chi connectivity index (χ1n) is 9.11. The van der Waals surface area contributed by atoms with Crippen molar-refractivity contribution in [3.8, 4) is 0 Å². The Morgan fingerprint density at radius 3 is 2.36 bits per heavy atom. The van der Waals surface area contributed by atoms with Gasteiger partial charge >= 0.3 is 0 Å². The summed E-state index contributed by atoms with van der Waals surface area (Å²) in [5.74, 6) is 0.239. The van der Waals surface area contributed by atoms with E-state index in [1.807, 2.05) is 6.07 Å². The average Bonchev–Trinajstić information content (AvgIpc) is 2.59. The Morgan fingerprint density at radius 1 is 1.04 bits per heavy atom. The zero-order valence-corrected chi connectivity index (χ0v) is 15.5. The number of Topliss-reactive ketones (excluding diaryl/α,β-unsaturated/α-hetero) is 1. The quantitative estimate of drug-likeness (QED) is 0.835. The third-order valence-corrected chi connectivity index (χ3v) is 5.12. The lowest BCUT2D eigenvalue weighted by Crippen LogP contribution is -2.47. The highest BCUT2D eigenvalue weighted by atomic mass is 16.1. The smallest absolute Gasteiger partial charge is 0.151 e. The van der Waals surface area contributed by atoms with Crippen molar-refractivity contribution in [1.82, 2.24) is 9.80 Å². The maximum atomic E-state index is 12.6. The molecule has 132 valence electrons. The van der Waals surface area contributed by atoms with E-state index in [1.165, 1.54) is 22.3 Å². The minimum atomic E-state index is -0.131. The summed E-state index contributed by atoms with van der Waals surface area (Å²) < 4.78 is 0. The van der Waals surface area contributed by atoms with Gasteiger partial charge in [0.1, 0.15) is 0 Å². The number of piperazine rings is 1. The van der Waals surface area contributed by atoms with Crippen molar-refractivity contribution in [3.05, 3.63) is 70.8 Å². The molecule has 0 spiro atoms. The Balaban J connectivity index is 1.94. The largest absolute Gasteiger partial charge is 0.304 e. The van der Waals surface area contributed by atoms with Crippen LogP contribution in [0.25, 0.3) is 0 Å². The van der Waals surface area contributed by atoms with E-state index in [4.69, 9.17) is 0 Å². The van der Waals surface area contributed by atoms with E-state index >= 15 is 0 Å². The van der Waals surface area contributed by atoms with E-state index in [0.717, 1.165) is 32.6 Å². The molecule has 3 heteroatoms. The van der Waals surface area contributed by atoms with Gasteiger partial charge in [0, 0.05) is 26.2 Å². The molecule has 1 atom stereocenters. The highest BCUT2D eigenvalue weighted by molar-refractivity contribution is 5.83. The lowest BCUT2D eigenvalue weighted by molar-refractivity contribution is -0.123. The molecule has 0 aromatic heterocycles. The van der Waals surface area contributed by atoms with Gasteiger partial charge in [-0.1, -0.05) is 54.1 Å². The van der Waals surface area contributed by atoms with Crippen LogP contribution >= 0.6 is 0 Å². The molecule has 1 unspecified atom stereocenters. The van der Waals surface area contributed by atoms with Crippen molar-refractivity contribution < 1.29 is 4.79 Å². The number of carbonyl (C=O) groups is 1. The molecule has 1 aliphatic heterocycles. The topological polar surface area (TPSA) is 23.6 Å². The summed E-state index contributed by atoms with van der Waals surface area (Å²) in [6.07, 6.45) is 0.870. The van der Waals surface area contributed by atoms with Crippen LogP contribution in [0.3, 0.4) is 0 Å². The molecule has 25 heavy (non-hydrogen) atoms. The van der Waals surface area contributed by atoms with E-state index < -0.39 is 0 Å². The molecule has 0 amide bonds. The first kappa shape index (κ1) is 17.8. The SMILES string of the molecule is CC(=O)C(c1ccc(C)cc1Cc1ccccc1)N1CCN(C)CC1. The molecule has 1 heterocycles. The summed E-state index contributed by atoms with van der Waals surface area (Å²) in [7, 11) is 2.15. The second kappa shape index (κ2) is 7.94. The molecular weight excluding hydrogens is 308 g/mol. The fourth-order valence-corrected chi connectivity index (χ4v) is 3.72. The first-order chi connectivity index (χ1) is 12.0. The van der Waals surface area contributed by atoms with E-state index in [1.54, 1.807) is 6.92 Å². The first-order valence-corrected chi connectivity index (χ1v) is 9.11. The van der Waals surface area contributed by atoms with Crippen molar-refractivity contribution in [2.75, 3.05) is 33.2 Å². The standard InChI is InChI=1S/C22H28N2O/c1-17-9-10-21(20(15-17)16-19-7-5-4-6-8-19)22(18(2)25)24-13-11-23(3)12-14-24/h4-10,15,22H,11-14,16H2,1-3H3. The van der Waals surface area contributed by atoms with Crippen LogP contribution in [0.1, 0.15) is 35.2 Å². The van der Waals surface area contributed by atoms with Gasteiger partial charge in [0.2, 0.25) is 0 Å². The van der Waals surface area contributed by atoms with Crippen LogP contribution in [-0.4, -0.2) is 48.8 Å². The average molecular weight is 336 g/mol. The van der Waals surface area contributed by atoms with Gasteiger partial charge in [-0.3, -0.25) is 9.69 Å². The number of rotatable bonds is 5. The highest BCUT2D eigenvalue weighted by Gasteiger charge is 2.29. The monoisotopic (exact) mass is 336 g/mol. The van der Waals surface area contributed by atoms with Gasteiger partial charge in [0.15, 0.2) is 5.78 Å². The predicted molar refractivity (Wildman–Crippen MR) is 103 cm³/mol. The molecule has 0 radical (unpaired) electrons. The number of carbonyl (C=O) groups excluding carboxylic acids is 1. The van der Waals surface area contributed by atoms with Crippen LogP contribution in [0.5, 0.6) is 0 Å². The van der Waals surface area contributed by atoms with Crippen molar-refractivity contribution in [3.63, 3.8) is 0 Å². The summed E-state index contributed by atoms with van der Waals surface area (Å²) in [6, 6.07) is 16.9. The number of benzene rings is 2. The Bertz CT molecular complexity index is 718. The Hall–Kier alpha value is -1.97. The van der Waals surface area contributed by atoms with Crippen LogP contribution < -0.4 is 0 Å². The van der Waals surface area contributed by atoms with Crippen molar-refractivity contribution >= 4 is 5.78 Å². The summed E-state index contributed by atoms with van der Waals surface area (Å²) in [4.78, 5) is 17.2. The number of ketones is 1. The maximum absolute atomic E-state index is 12.6. The highest BCUT2D eigenvalue weighted by Crippen LogP contribution is 2.28. The van der Waals surface area contributed by atoms with Gasteiger partial charge in [-0.25, -0.2) is 0 Å². The van der Waals surface area contributed by atoms with Crippen LogP contribution in [0.2, 0.25) is 0 Å². The molecule has 2 aromatic rings. The Labute approximate surface area is 151 Å². The van der Waals surface area contributed by atoms with Crippen LogP contribution in [0.15, 0.2) is 48.5 Å². The summed E-state index contributed by atoms with van der Waals surface area (Å²) >= 11 is 0. The van der Waals surface area contributed by atoms with Crippen molar-refractivity contribution in [2.24, 2.45) is 0 Å². The van der Waals surface area contributed by atoms with E-state index in [2.05, 4.69) is 66.2 Å². The van der Waals surface area contributed by atoms with Crippen LogP contribution in [0, 0.1) is 6.92 Å². The van der Waals surface area contributed by atoms with Crippen molar-refractivity contribution in [2.45, 2.75) is 26.3 Å². The molecule has 3 nitrogen and oxygen atoms in total. The second-order valence-corrected chi connectivity index (χ2v) is 7.22. The van der Waals surface area contributed by atoms with Gasteiger partial charge in [0.05, 0.1) is 6.04 Å². The minimum Gasteiger partial charge on any atom is -0.304 e. The van der Waals surface area contributed by atoms with Crippen LogP contribution in [-0.2, 0) is 11.2 Å². The van der Waals surface area contributed by atoms with Gasteiger partial charge in [-0.15, -0.1) is 0 Å². The fraction of sp³-hybridized carbons (Fsp3) is 0.409. The van der Waals surface area contributed by atoms with Crippen molar-refractivity contribution in [1.29, 1.82) is 0 Å². The van der Waals surface area contributed by atoms with E-state index in [0.29, 0.717) is 0 Å². The molecule has 0 saturated carbocycles. The predicted octanol–water partition coefficient (Wildman–Crippen LogP) is 3.46. The van der Waals surface area contributed by atoms with Gasteiger partial charge in [-0.2, -0.15) is 0 Å². The number of nitrogens with zero attached hydrogens (tertiary/aromatic N) is 2. The molecular formula is C22H28N2O. The zero-order valence-electron chi connectivity index (χ0n) is 15.5. The molecule has 2 aromatic carbocycles. The number of aryl methyl sites for hydroxylation is 1. The molecule has 1 fully saturated rings. The van der Waals surface area contributed by atoms with E-state index in [-0.39, 0.29) is 11.8 Å². The molecule has 1 saturated heterocycles. The Morgan fingerprint density at radius 2 is 1.72 bits per heavy atom. The van der Waals surface area contributed by atoms with Gasteiger partial charge in [0.25, 0.3) is 0 Å². The fourth-order valence-electron chi connectivity index (χ4n) is 3.72. The molecule has 0 bridgehead atoms. The summed E-state index contributed by atoms with van der Waals surface area (Å²) in [5, 5.41) is 0. The van der Waals surface area contributed by atoms with Gasteiger partial charge in [-0.05, 0) is 44.0 Å². The maximum Gasteiger partial charge on any atom is 0.151 e. The minimum absolute atomic E-state index is 0.131. The molecule has 3 rings (SSSR count). The normalized spacial score (nSPS) is 17.4. The van der Waals surface area contributed by atoms with E-state index in [9.17, 15) is 4.79 Å². The number of hydrogen-bond acceptors (Lipinski definition) is 3. The Kier molecular flexibility index (Phi) is 5.67. The second-order valence-electron chi connectivity index (χ2n) is 7.22. The summed E-state index contributed by atoms with van der Waals surface area (Å²) in [6.45, 7) is 7.78. The summed E-state index contributed by atoms with van der Waals surface area (Å²) in [5.41, 5.74) is 4.97. The lowest BCUT2D eigenvalue weighted by atomic mass is 9.91. The third kappa shape index (κ3) is 4.36. The molecule has 1 aliphatic rings. The zero-order chi connectivity index (χ0) is 17.8. The number of hydrogen-bond donors (Lipinski definition) is 0. The van der Waals surface area contributed by atoms with Crippen LogP contribution in [0.4, 0.5) is 0 Å². The number of likely N-dealkylation sites (N-methyl/N-ethyl adjacent to an activating group) is 1.